The zero-order valence-corrected chi connectivity index (χ0v) is 10.9. The van der Waals surface area contributed by atoms with Gasteiger partial charge in [-0.05, 0) is 23.3 Å². The van der Waals surface area contributed by atoms with E-state index in [9.17, 15) is 13.2 Å². The van der Waals surface area contributed by atoms with Gasteiger partial charge in [0, 0.05) is 13.7 Å². The van der Waals surface area contributed by atoms with E-state index in [1.807, 2.05) is 24.3 Å². The van der Waals surface area contributed by atoms with Crippen LogP contribution in [0.25, 0.3) is 0 Å². The van der Waals surface area contributed by atoms with Gasteiger partial charge in [-0.2, -0.15) is 0 Å². The maximum absolute atomic E-state index is 13.5. The van der Waals surface area contributed by atoms with E-state index in [1.54, 1.807) is 7.11 Å². The molecule has 2 rings (SSSR count). The van der Waals surface area contributed by atoms with Crippen LogP contribution in [0.1, 0.15) is 11.1 Å². The van der Waals surface area contributed by atoms with Gasteiger partial charge >= 0.3 is 0 Å². The van der Waals surface area contributed by atoms with Gasteiger partial charge in [-0.3, -0.25) is 0 Å². The Hall–Kier alpha value is -2.01. The fourth-order valence-corrected chi connectivity index (χ4v) is 1.88. The first kappa shape index (κ1) is 14.4. The predicted molar refractivity (Wildman–Crippen MR) is 70.8 cm³/mol. The molecular weight excluding hydrogens is 267 g/mol. The van der Waals surface area contributed by atoms with E-state index in [1.165, 1.54) is 6.07 Å². The highest BCUT2D eigenvalue weighted by Crippen LogP contribution is 2.21. The summed E-state index contributed by atoms with van der Waals surface area (Å²) in [6.45, 7) is 0.722. The molecule has 2 aromatic rings. The number of nitrogens with one attached hydrogen (secondary N) is 1. The minimum Gasteiger partial charge on any atom is -0.380 e. The molecule has 0 aliphatic rings. The van der Waals surface area contributed by atoms with Crippen molar-refractivity contribution >= 4 is 5.69 Å². The molecule has 0 amide bonds. The summed E-state index contributed by atoms with van der Waals surface area (Å²) in [4.78, 5) is 0. The maximum atomic E-state index is 13.5. The topological polar surface area (TPSA) is 21.3 Å². The van der Waals surface area contributed by atoms with E-state index in [-0.39, 0.29) is 5.69 Å². The van der Waals surface area contributed by atoms with Gasteiger partial charge in [-0.1, -0.05) is 24.3 Å². The van der Waals surface area contributed by atoms with Crippen molar-refractivity contribution in [2.24, 2.45) is 0 Å². The summed E-state index contributed by atoms with van der Waals surface area (Å²) in [7, 11) is 1.58. The minimum atomic E-state index is -1.47. The quantitative estimate of drug-likeness (QED) is 0.840. The van der Waals surface area contributed by atoms with Gasteiger partial charge in [-0.15, -0.1) is 0 Å². The van der Waals surface area contributed by atoms with E-state index in [4.69, 9.17) is 4.74 Å². The summed E-state index contributed by atoms with van der Waals surface area (Å²) >= 11 is 0. The molecule has 0 aliphatic heterocycles. The number of benzene rings is 2. The summed E-state index contributed by atoms with van der Waals surface area (Å²) in [6, 6.07) is 9.53. The van der Waals surface area contributed by atoms with Crippen LogP contribution in [0.15, 0.2) is 36.4 Å². The Morgan fingerprint density at radius 2 is 1.65 bits per heavy atom. The fourth-order valence-electron chi connectivity index (χ4n) is 1.88. The molecule has 2 aromatic carbocycles. The number of ether oxygens (including phenoxy) is 1. The average Bonchev–Trinajstić information content (AvgIpc) is 2.46. The van der Waals surface area contributed by atoms with E-state index in [0.717, 1.165) is 17.2 Å². The van der Waals surface area contributed by atoms with Crippen molar-refractivity contribution in [1.29, 1.82) is 0 Å². The smallest absolute Gasteiger partial charge is 0.196 e. The second-order valence-corrected chi connectivity index (χ2v) is 4.28. The van der Waals surface area contributed by atoms with Crippen molar-refractivity contribution in [3.05, 3.63) is 65.0 Å². The molecule has 0 saturated carbocycles. The standard InChI is InChI=1S/C15H14F3NO/c1-20-9-11-5-3-2-4-10(11)8-19-13-7-6-12(16)14(17)15(13)18/h2-7,19H,8-9H2,1H3. The van der Waals surface area contributed by atoms with Crippen molar-refractivity contribution in [2.45, 2.75) is 13.2 Å². The van der Waals surface area contributed by atoms with Crippen LogP contribution in [0.2, 0.25) is 0 Å². The molecule has 0 heterocycles. The van der Waals surface area contributed by atoms with Crippen LogP contribution in [0.5, 0.6) is 0 Å². The van der Waals surface area contributed by atoms with E-state index < -0.39 is 17.5 Å². The van der Waals surface area contributed by atoms with Gasteiger partial charge in [0.1, 0.15) is 0 Å². The molecule has 0 atom stereocenters. The van der Waals surface area contributed by atoms with Gasteiger partial charge < -0.3 is 10.1 Å². The zero-order chi connectivity index (χ0) is 14.5. The highest BCUT2D eigenvalue weighted by Gasteiger charge is 2.13. The molecule has 20 heavy (non-hydrogen) atoms. The molecule has 0 bridgehead atoms. The summed E-state index contributed by atoms with van der Waals surface area (Å²) in [6.07, 6.45) is 0. The zero-order valence-electron chi connectivity index (χ0n) is 10.9. The molecule has 0 unspecified atom stereocenters. The first-order chi connectivity index (χ1) is 9.63. The SMILES string of the molecule is COCc1ccccc1CNc1ccc(F)c(F)c1F. The van der Waals surface area contributed by atoms with Crippen molar-refractivity contribution in [3.63, 3.8) is 0 Å². The van der Waals surface area contributed by atoms with Gasteiger partial charge in [0.15, 0.2) is 17.5 Å². The van der Waals surface area contributed by atoms with Gasteiger partial charge in [0.2, 0.25) is 0 Å². The third-order valence-corrected chi connectivity index (χ3v) is 2.92. The van der Waals surface area contributed by atoms with Crippen LogP contribution in [-0.4, -0.2) is 7.11 Å². The third-order valence-electron chi connectivity index (χ3n) is 2.92. The Balaban J connectivity index is 2.15. The van der Waals surface area contributed by atoms with Crippen LogP contribution in [-0.2, 0) is 17.9 Å². The number of hydrogen-bond donors (Lipinski definition) is 1. The molecule has 0 fully saturated rings. The number of methoxy groups -OCH3 is 1. The largest absolute Gasteiger partial charge is 0.380 e. The van der Waals surface area contributed by atoms with Crippen LogP contribution in [0.3, 0.4) is 0 Å². The van der Waals surface area contributed by atoms with E-state index in [2.05, 4.69) is 5.32 Å². The lowest BCUT2D eigenvalue weighted by molar-refractivity contribution is 0.184. The minimum absolute atomic E-state index is 0.0730. The Labute approximate surface area is 115 Å². The van der Waals surface area contributed by atoms with Crippen molar-refractivity contribution < 1.29 is 17.9 Å². The number of anilines is 1. The first-order valence-corrected chi connectivity index (χ1v) is 6.06. The van der Waals surface area contributed by atoms with Crippen LogP contribution in [0.4, 0.5) is 18.9 Å². The molecule has 0 radical (unpaired) electrons. The molecule has 106 valence electrons. The molecule has 0 aromatic heterocycles. The third kappa shape index (κ3) is 3.11. The predicted octanol–water partition coefficient (Wildman–Crippen LogP) is 3.86. The Morgan fingerprint density at radius 1 is 0.950 bits per heavy atom. The molecule has 5 heteroatoms. The molecule has 0 aliphatic carbocycles. The number of hydrogen-bond acceptors (Lipinski definition) is 2. The lowest BCUT2D eigenvalue weighted by Gasteiger charge is -2.12. The van der Waals surface area contributed by atoms with Gasteiger partial charge in [-0.25, -0.2) is 13.2 Å². The maximum Gasteiger partial charge on any atom is 0.196 e. The van der Waals surface area contributed by atoms with E-state index in [0.29, 0.717) is 13.2 Å². The summed E-state index contributed by atoms with van der Waals surface area (Å²) < 4.78 is 44.5. The number of rotatable bonds is 5. The first-order valence-electron chi connectivity index (χ1n) is 6.06. The second kappa shape index (κ2) is 6.43. The van der Waals surface area contributed by atoms with Crippen molar-refractivity contribution in [2.75, 3.05) is 12.4 Å². The molecular formula is C15H14F3NO. The van der Waals surface area contributed by atoms with Crippen molar-refractivity contribution in [1.82, 2.24) is 0 Å². The normalized spacial score (nSPS) is 10.6. The van der Waals surface area contributed by atoms with Crippen LogP contribution in [0, 0.1) is 17.5 Å². The average molecular weight is 281 g/mol. The second-order valence-electron chi connectivity index (χ2n) is 4.28. The molecule has 0 spiro atoms. The Bertz CT molecular complexity index is 602. The van der Waals surface area contributed by atoms with Crippen molar-refractivity contribution in [3.8, 4) is 0 Å². The fraction of sp³-hybridized carbons (Fsp3) is 0.200. The van der Waals surface area contributed by atoms with Gasteiger partial charge in [0.25, 0.3) is 0 Å². The summed E-state index contributed by atoms with van der Waals surface area (Å²) in [5, 5.41) is 2.76. The molecule has 0 saturated heterocycles. The Kier molecular flexibility index (Phi) is 4.63. The van der Waals surface area contributed by atoms with Gasteiger partial charge in [0.05, 0.1) is 12.3 Å². The Morgan fingerprint density at radius 3 is 2.35 bits per heavy atom. The monoisotopic (exact) mass is 281 g/mol. The highest BCUT2D eigenvalue weighted by atomic mass is 19.2. The molecule has 2 nitrogen and oxygen atoms in total. The number of halogens is 3. The van der Waals surface area contributed by atoms with E-state index >= 15 is 0 Å². The molecule has 1 N–H and O–H groups in total. The summed E-state index contributed by atoms with van der Waals surface area (Å²) in [5.74, 6) is -3.89. The van der Waals surface area contributed by atoms with Crippen LogP contribution < -0.4 is 5.32 Å². The lowest BCUT2D eigenvalue weighted by Crippen LogP contribution is -2.06. The lowest BCUT2D eigenvalue weighted by atomic mass is 10.1. The summed E-state index contributed by atoms with van der Waals surface area (Å²) in [5.41, 5.74) is 1.78. The van der Waals surface area contributed by atoms with Crippen LogP contribution >= 0.6 is 0 Å². The highest BCUT2D eigenvalue weighted by molar-refractivity contribution is 5.46.